The van der Waals surface area contributed by atoms with E-state index in [-0.39, 0.29) is 5.56 Å². The zero-order chi connectivity index (χ0) is 14.7. The number of nitrogens with zero attached hydrogens (tertiary/aromatic N) is 1. The molecule has 0 spiro atoms. The molecule has 4 N–H and O–H groups in total. The van der Waals surface area contributed by atoms with Crippen LogP contribution in [0.1, 0.15) is 21.7 Å². The molecule has 0 aliphatic carbocycles. The number of anilines is 2. The van der Waals surface area contributed by atoms with Crippen molar-refractivity contribution in [1.29, 1.82) is 0 Å². The summed E-state index contributed by atoms with van der Waals surface area (Å²) >= 11 is 0. The number of carboxylic acids is 1. The first-order valence-electron chi connectivity index (χ1n) is 5.90. The molecule has 0 atom stereocenters. The van der Waals surface area contributed by atoms with Gasteiger partial charge in [-0.3, -0.25) is 5.10 Å². The van der Waals surface area contributed by atoms with E-state index in [1.165, 1.54) is 12.1 Å². The fourth-order valence-electron chi connectivity index (χ4n) is 1.74. The number of aromatic nitrogens is 2. The second-order valence-electron chi connectivity index (χ2n) is 4.27. The summed E-state index contributed by atoms with van der Waals surface area (Å²) < 4.78 is 0. The van der Waals surface area contributed by atoms with E-state index in [1.807, 2.05) is 0 Å². The summed E-state index contributed by atoms with van der Waals surface area (Å²) in [6, 6.07) is 5.56. The zero-order valence-electron chi connectivity index (χ0n) is 11.0. The molecule has 7 nitrogen and oxygen atoms in total. The Kier molecular flexibility index (Phi) is 3.69. The molecule has 0 unspecified atom stereocenters. The van der Waals surface area contributed by atoms with E-state index in [2.05, 4.69) is 20.8 Å². The van der Waals surface area contributed by atoms with Crippen molar-refractivity contribution in [2.45, 2.75) is 13.8 Å². The first-order chi connectivity index (χ1) is 9.47. The minimum atomic E-state index is -1.05. The van der Waals surface area contributed by atoms with Gasteiger partial charge in [0.25, 0.3) is 0 Å². The van der Waals surface area contributed by atoms with Crippen molar-refractivity contribution in [3.8, 4) is 0 Å². The van der Waals surface area contributed by atoms with Gasteiger partial charge >= 0.3 is 12.0 Å². The highest BCUT2D eigenvalue weighted by Crippen LogP contribution is 2.17. The van der Waals surface area contributed by atoms with Crippen molar-refractivity contribution in [2.24, 2.45) is 0 Å². The predicted molar refractivity (Wildman–Crippen MR) is 74.1 cm³/mol. The number of H-pyrrole nitrogens is 1. The smallest absolute Gasteiger partial charge is 0.335 e. The molecule has 0 aliphatic rings. The van der Waals surface area contributed by atoms with Crippen LogP contribution in [0.5, 0.6) is 0 Å². The van der Waals surface area contributed by atoms with Gasteiger partial charge in [-0.05, 0) is 32.0 Å². The van der Waals surface area contributed by atoms with E-state index in [0.29, 0.717) is 17.1 Å². The number of aromatic amines is 1. The van der Waals surface area contributed by atoms with Crippen LogP contribution >= 0.6 is 0 Å². The van der Waals surface area contributed by atoms with Gasteiger partial charge in [0.2, 0.25) is 0 Å². The Hall–Kier alpha value is -2.83. The average Bonchev–Trinajstić information content (AvgIpc) is 2.71. The van der Waals surface area contributed by atoms with Crippen molar-refractivity contribution in [3.05, 3.63) is 41.2 Å². The van der Waals surface area contributed by atoms with Crippen molar-refractivity contribution in [3.63, 3.8) is 0 Å². The van der Waals surface area contributed by atoms with Crippen LogP contribution in [-0.2, 0) is 0 Å². The molecule has 2 amide bonds. The molecule has 0 bridgehead atoms. The summed E-state index contributed by atoms with van der Waals surface area (Å²) in [7, 11) is 0. The van der Waals surface area contributed by atoms with Gasteiger partial charge < -0.3 is 15.7 Å². The van der Waals surface area contributed by atoms with Crippen LogP contribution in [0.15, 0.2) is 24.3 Å². The van der Waals surface area contributed by atoms with Crippen LogP contribution in [0.4, 0.5) is 16.2 Å². The fourth-order valence-corrected chi connectivity index (χ4v) is 1.74. The monoisotopic (exact) mass is 274 g/mol. The molecule has 0 saturated heterocycles. The molecule has 1 heterocycles. The van der Waals surface area contributed by atoms with Gasteiger partial charge in [-0.2, -0.15) is 5.10 Å². The number of aromatic carboxylic acids is 1. The summed E-state index contributed by atoms with van der Waals surface area (Å²) in [5.41, 5.74) is 2.55. The molecule has 20 heavy (non-hydrogen) atoms. The fraction of sp³-hybridized carbons (Fsp3) is 0.154. The van der Waals surface area contributed by atoms with E-state index >= 15 is 0 Å². The third-order valence-corrected chi connectivity index (χ3v) is 2.73. The lowest BCUT2D eigenvalue weighted by Gasteiger charge is -2.08. The molecule has 7 heteroatoms. The Labute approximate surface area is 115 Å². The predicted octanol–water partition coefficient (Wildman–Crippen LogP) is 2.37. The number of rotatable bonds is 3. The number of carbonyl (C=O) groups excluding carboxylic acids is 1. The molecule has 1 aromatic carbocycles. The summed E-state index contributed by atoms with van der Waals surface area (Å²) in [5.74, 6) is -1.05. The van der Waals surface area contributed by atoms with E-state index in [1.54, 1.807) is 26.0 Å². The average molecular weight is 274 g/mol. The number of benzene rings is 1. The van der Waals surface area contributed by atoms with Gasteiger partial charge in [0, 0.05) is 5.69 Å². The molecule has 0 radical (unpaired) electrons. The van der Waals surface area contributed by atoms with Crippen LogP contribution < -0.4 is 10.6 Å². The number of urea groups is 1. The summed E-state index contributed by atoms with van der Waals surface area (Å²) in [6.45, 7) is 3.56. The van der Waals surface area contributed by atoms with Gasteiger partial charge in [0.15, 0.2) is 0 Å². The minimum absolute atomic E-state index is 0.110. The minimum Gasteiger partial charge on any atom is -0.478 e. The van der Waals surface area contributed by atoms with Crippen molar-refractivity contribution in [1.82, 2.24) is 10.2 Å². The number of carboxylic acid groups (broad SMARTS) is 1. The first kappa shape index (κ1) is 13.6. The molecule has 0 aliphatic heterocycles. The Morgan fingerprint density at radius 3 is 2.60 bits per heavy atom. The Morgan fingerprint density at radius 2 is 2.00 bits per heavy atom. The maximum atomic E-state index is 11.9. The SMILES string of the molecule is Cc1n[nH]c(C)c1NC(=O)Nc1cccc(C(=O)O)c1. The third kappa shape index (κ3) is 2.94. The summed E-state index contributed by atoms with van der Waals surface area (Å²) in [4.78, 5) is 22.7. The molecule has 104 valence electrons. The van der Waals surface area contributed by atoms with Crippen LogP contribution in [0.25, 0.3) is 0 Å². The highest BCUT2D eigenvalue weighted by molar-refractivity contribution is 6.01. The molecule has 2 rings (SSSR count). The van der Waals surface area contributed by atoms with Crippen molar-refractivity contribution >= 4 is 23.4 Å². The molecular formula is C13H14N4O3. The zero-order valence-corrected chi connectivity index (χ0v) is 11.0. The number of hydrogen-bond donors (Lipinski definition) is 4. The number of carbonyl (C=O) groups is 2. The van der Waals surface area contributed by atoms with Crippen LogP contribution in [0.3, 0.4) is 0 Å². The maximum Gasteiger partial charge on any atom is 0.335 e. The Balaban J connectivity index is 2.09. The van der Waals surface area contributed by atoms with E-state index in [4.69, 9.17) is 5.11 Å². The van der Waals surface area contributed by atoms with Crippen molar-refractivity contribution < 1.29 is 14.7 Å². The van der Waals surface area contributed by atoms with Gasteiger partial charge in [0.05, 0.1) is 22.6 Å². The van der Waals surface area contributed by atoms with Gasteiger partial charge in [0.1, 0.15) is 0 Å². The second kappa shape index (κ2) is 5.43. The third-order valence-electron chi connectivity index (χ3n) is 2.73. The standard InChI is InChI=1S/C13H14N4O3/c1-7-11(8(2)17-16-7)15-13(20)14-10-5-3-4-9(6-10)12(18)19/h3-6H,1-2H3,(H,16,17)(H,18,19)(H2,14,15,20). The molecule has 2 aromatic rings. The lowest BCUT2D eigenvalue weighted by molar-refractivity contribution is 0.0697. The molecule has 0 fully saturated rings. The van der Waals surface area contributed by atoms with Crippen LogP contribution in [0.2, 0.25) is 0 Å². The quantitative estimate of drug-likeness (QED) is 0.689. The normalized spacial score (nSPS) is 10.1. The molecule has 0 saturated carbocycles. The largest absolute Gasteiger partial charge is 0.478 e. The number of aryl methyl sites for hydroxylation is 2. The van der Waals surface area contributed by atoms with Crippen LogP contribution in [-0.4, -0.2) is 27.3 Å². The number of hydrogen-bond acceptors (Lipinski definition) is 3. The molecule has 1 aromatic heterocycles. The van der Waals surface area contributed by atoms with E-state index < -0.39 is 12.0 Å². The summed E-state index contributed by atoms with van der Waals surface area (Å²) in [5, 5.41) is 20.9. The summed E-state index contributed by atoms with van der Waals surface area (Å²) in [6.07, 6.45) is 0. The van der Waals surface area contributed by atoms with Crippen molar-refractivity contribution in [2.75, 3.05) is 10.6 Å². The topological polar surface area (TPSA) is 107 Å². The van der Waals surface area contributed by atoms with E-state index in [0.717, 1.165) is 5.69 Å². The molecular weight excluding hydrogens is 260 g/mol. The Bertz CT molecular complexity index is 644. The van der Waals surface area contributed by atoms with E-state index in [9.17, 15) is 9.59 Å². The van der Waals surface area contributed by atoms with Gasteiger partial charge in [-0.1, -0.05) is 6.07 Å². The lowest BCUT2D eigenvalue weighted by Crippen LogP contribution is -2.20. The second-order valence-corrected chi connectivity index (χ2v) is 4.27. The highest BCUT2D eigenvalue weighted by Gasteiger charge is 2.11. The number of amides is 2. The first-order valence-corrected chi connectivity index (χ1v) is 5.90. The Morgan fingerprint density at radius 1 is 1.25 bits per heavy atom. The van der Waals surface area contributed by atoms with Gasteiger partial charge in [-0.15, -0.1) is 0 Å². The maximum absolute atomic E-state index is 11.9. The van der Waals surface area contributed by atoms with Gasteiger partial charge in [-0.25, -0.2) is 9.59 Å². The lowest BCUT2D eigenvalue weighted by atomic mass is 10.2. The number of nitrogens with one attached hydrogen (secondary N) is 3. The van der Waals surface area contributed by atoms with Crippen LogP contribution in [0, 0.1) is 13.8 Å². The highest BCUT2D eigenvalue weighted by atomic mass is 16.4.